The molecule has 0 aromatic carbocycles. The van der Waals surface area contributed by atoms with Crippen LogP contribution in [0, 0.1) is 0 Å². The lowest BCUT2D eigenvalue weighted by molar-refractivity contribution is -0.187. The minimum absolute atomic E-state index is 0.0536. The van der Waals surface area contributed by atoms with Crippen molar-refractivity contribution in [3.63, 3.8) is 0 Å². The van der Waals surface area contributed by atoms with Crippen LogP contribution in [0.1, 0.15) is 6.92 Å². The van der Waals surface area contributed by atoms with Crippen molar-refractivity contribution in [2.45, 2.75) is 25.2 Å². The molecule has 0 radical (unpaired) electrons. The Balaban J connectivity index is 2.45. The van der Waals surface area contributed by atoms with Crippen LogP contribution < -0.4 is 11.1 Å². The van der Waals surface area contributed by atoms with Crippen LogP contribution in [0.2, 0.25) is 0 Å². The molecule has 3 N–H and O–H groups in total. The van der Waals surface area contributed by atoms with Gasteiger partial charge in [-0.05, 0) is 6.92 Å². The van der Waals surface area contributed by atoms with Crippen molar-refractivity contribution in [3.05, 3.63) is 18.7 Å². The van der Waals surface area contributed by atoms with Crippen molar-refractivity contribution < 1.29 is 18.0 Å². The van der Waals surface area contributed by atoms with Crippen molar-refractivity contribution in [3.8, 4) is 0 Å². The van der Waals surface area contributed by atoms with Gasteiger partial charge in [-0.15, -0.1) is 0 Å². The first-order valence-corrected chi connectivity index (χ1v) is 4.85. The van der Waals surface area contributed by atoms with Gasteiger partial charge in [0.1, 0.15) is 0 Å². The van der Waals surface area contributed by atoms with E-state index in [2.05, 4.69) is 10.3 Å². The molecule has 0 saturated heterocycles. The molecule has 1 amide bonds. The number of carbonyl (C=O) groups excluding carboxylic acids is 1. The second-order valence-corrected chi connectivity index (χ2v) is 3.76. The topological polar surface area (TPSA) is 72.9 Å². The molecule has 1 atom stereocenters. The van der Waals surface area contributed by atoms with Gasteiger partial charge in [-0.2, -0.15) is 13.2 Å². The molecular formula is C9H13F3N4O. The average molecular weight is 250 g/mol. The number of alkyl halides is 3. The van der Waals surface area contributed by atoms with E-state index >= 15 is 0 Å². The summed E-state index contributed by atoms with van der Waals surface area (Å²) in [4.78, 5) is 15.0. The summed E-state index contributed by atoms with van der Waals surface area (Å²) in [7, 11) is 0. The third-order valence-electron chi connectivity index (χ3n) is 2.28. The molecule has 1 rings (SSSR count). The number of carbonyl (C=O) groups is 1. The quantitative estimate of drug-likeness (QED) is 0.806. The summed E-state index contributed by atoms with van der Waals surface area (Å²) in [5.41, 5.74) is 2.07. The van der Waals surface area contributed by atoms with E-state index in [1.807, 2.05) is 0 Å². The molecule has 0 fully saturated rings. The lowest BCUT2D eigenvalue weighted by atomic mass is 10.0. The maximum absolute atomic E-state index is 12.4. The highest BCUT2D eigenvalue weighted by atomic mass is 19.4. The van der Waals surface area contributed by atoms with Crippen LogP contribution in [0.15, 0.2) is 18.7 Å². The van der Waals surface area contributed by atoms with Gasteiger partial charge in [0.05, 0.1) is 6.33 Å². The van der Waals surface area contributed by atoms with Crippen molar-refractivity contribution in [1.82, 2.24) is 14.9 Å². The lowest BCUT2D eigenvalue weighted by Gasteiger charge is -2.26. The van der Waals surface area contributed by atoms with E-state index in [0.29, 0.717) is 13.5 Å². The monoisotopic (exact) mass is 250 g/mol. The Morgan fingerprint density at radius 3 is 2.65 bits per heavy atom. The molecule has 0 aliphatic carbocycles. The number of rotatable bonds is 4. The van der Waals surface area contributed by atoms with Crippen LogP contribution >= 0.6 is 0 Å². The lowest BCUT2D eigenvalue weighted by Crippen LogP contribution is -2.61. The molecule has 1 heterocycles. The molecule has 1 unspecified atom stereocenters. The Morgan fingerprint density at radius 2 is 2.18 bits per heavy atom. The second-order valence-electron chi connectivity index (χ2n) is 3.76. The van der Waals surface area contributed by atoms with Gasteiger partial charge < -0.3 is 15.6 Å². The van der Waals surface area contributed by atoms with E-state index in [9.17, 15) is 18.0 Å². The fraction of sp³-hybridized carbons (Fsp3) is 0.556. The summed E-state index contributed by atoms with van der Waals surface area (Å²) >= 11 is 0. The number of aromatic nitrogens is 2. The van der Waals surface area contributed by atoms with E-state index in [0.717, 1.165) is 0 Å². The maximum Gasteiger partial charge on any atom is 0.415 e. The first kappa shape index (κ1) is 13.5. The molecule has 17 heavy (non-hydrogen) atoms. The van der Waals surface area contributed by atoms with Crippen LogP contribution in [-0.2, 0) is 11.3 Å². The Hall–Kier alpha value is -1.57. The smallest absolute Gasteiger partial charge is 0.352 e. The SMILES string of the molecule is CC(N)(C(=O)NCCn1ccnc1)C(F)(F)F. The number of hydrogen-bond donors (Lipinski definition) is 2. The fourth-order valence-corrected chi connectivity index (χ4v) is 1.03. The molecule has 0 bridgehead atoms. The molecule has 1 aromatic rings. The predicted molar refractivity (Wildman–Crippen MR) is 53.9 cm³/mol. The molecule has 0 saturated carbocycles. The standard InChI is InChI=1S/C9H13F3N4O/c1-8(13,9(10,11)12)7(17)15-3-5-16-4-2-14-6-16/h2,4,6H,3,5,13H2,1H3,(H,15,17). The number of nitrogens with two attached hydrogens (primary N) is 1. The highest BCUT2D eigenvalue weighted by Gasteiger charge is 2.53. The van der Waals surface area contributed by atoms with Crippen molar-refractivity contribution >= 4 is 5.91 Å². The van der Waals surface area contributed by atoms with E-state index in [4.69, 9.17) is 5.73 Å². The first-order chi connectivity index (χ1) is 7.75. The Bertz CT molecular complexity index is 372. The Kier molecular flexibility index (Phi) is 3.76. The van der Waals surface area contributed by atoms with Gasteiger partial charge >= 0.3 is 6.18 Å². The first-order valence-electron chi connectivity index (χ1n) is 4.85. The zero-order chi connectivity index (χ0) is 13.1. The van der Waals surface area contributed by atoms with E-state index in [1.165, 1.54) is 12.5 Å². The third-order valence-corrected chi connectivity index (χ3v) is 2.28. The molecule has 8 heteroatoms. The second kappa shape index (κ2) is 4.74. The zero-order valence-electron chi connectivity index (χ0n) is 9.16. The van der Waals surface area contributed by atoms with Crippen LogP contribution in [0.3, 0.4) is 0 Å². The normalized spacial score (nSPS) is 15.4. The number of halogens is 3. The Morgan fingerprint density at radius 1 is 1.53 bits per heavy atom. The summed E-state index contributed by atoms with van der Waals surface area (Å²) in [6, 6.07) is 0. The van der Waals surface area contributed by atoms with E-state index < -0.39 is 17.6 Å². The molecule has 96 valence electrons. The molecule has 0 aliphatic heterocycles. The van der Waals surface area contributed by atoms with Gasteiger partial charge in [-0.3, -0.25) is 4.79 Å². The maximum atomic E-state index is 12.4. The summed E-state index contributed by atoms with van der Waals surface area (Å²) in [5.74, 6) is -1.25. The molecule has 0 aliphatic rings. The number of imidazole rings is 1. The highest BCUT2D eigenvalue weighted by Crippen LogP contribution is 2.27. The van der Waals surface area contributed by atoms with E-state index in [-0.39, 0.29) is 6.54 Å². The number of amides is 1. The minimum atomic E-state index is -4.77. The van der Waals surface area contributed by atoms with Crippen molar-refractivity contribution in [1.29, 1.82) is 0 Å². The number of nitrogens with zero attached hydrogens (tertiary/aromatic N) is 2. The zero-order valence-corrected chi connectivity index (χ0v) is 9.16. The number of nitrogens with one attached hydrogen (secondary N) is 1. The molecular weight excluding hydrogens is 237 g/mol. The molecule has 1 aromatic heterocycles. The van der Waals surface area contributed by atoms with Gasteiger partial charge in [-0.1, -0.05) is 0 Å². The van der Waals surface area contributed by atoms with Gasteiger partial charge in [-0.25, -0.2) is 4.98 Å². The van der Waals surface area contributed by atoms with Gasteiger partial charge in [0.15, 0.2) is 5.54 Å². The average Bonchev–Trinajstić information content (AvgIpc) is 2.68. The van der Waals surface area contributed by atoms with Crippen LogP contribution in [0.4, 0.5) is 13.2 Å². The third kappa shape index (κ3) is 3.19. The Labute approximate surface area is 95.8 Å². The largest absolute Gasteiger partial charge is 0.415 e. The molecule has 5 nitrogen and oxygen atoms in total. The molecule has 0 spiro atoms. The van der Waals surface area contributed by atoms with Gasteiger partial charge in [0, 0.05) is 25.5 Å². The van der Waals surface area contributed by atoms with Gasteiger partial charge in [0.2, 0.25) is 5.91 Å². The van der Waals surface area contributed by atoms with Crippen LogP contribution in [0.5, 0.6) is 0 Å². The van der Waals surface area contributed by atoms with Gasteiger partial charge in [0.25, 0.3) is 0 Å². The number of hydrogen-bond acceptors (Lipinski definition) is 3. The summed E-state index contributed by atoms with van der Waals surface area (Å²) in [6.07, 6.45) is -0.105. The highest BCUT2D eigenvalue weighted by molar-refractivity contribution is 5.86. The summed E-state index contributed by atoms with van der Waals surface area (Å²) in [6.45, 7) is 1.03. The summed E-state index contributed by atoms with van der Waals surface area (Å²) < 4.78 is 38.8. The predicted octanol–water partition coefficient (Wildman–Crippen LogP) is 0.279. The van der Waals surface area contributed by atoms with Crippen molar-refractivity contribution in [2.75, 3.05) is 6.54 Å². The fourth-order valence-electron chi connectivity index (χ4n) is 1.03. The minimum Gasteiger partial charge on any atom is -0.352 e. The van der Waals surface area contributed by atoms with Crippen LogP contribution in [-0.4, -0.2) is 33.7 Å². The summed E-state index contributed by atoms with van der Waals surface area (Å²) in [5, 5.41) is 2.14. The van der Waals surface area contributed by atoms with Crippen molar-refractivity contribution in [2.24, 2.45) is 5.73 Å². The van der Waals surface area contributed by atoms with Crippen LogP contribution in [0.25, 0.3) is 0 Å². The van der Waals surface area contributed by atoms with E-state index in [1.54, 1.807) is 10.8 Å².